The summed E-state index contributed by atoms with van der Waals surface area (Å²) in [5, 5.41) is 9.08. The van der Waals surface area contributed by atoms with Crippen LogP contribution in [0.15, 0.2) is 18.2 Å². The van der Waals surface area contributed by atoms with Crippen LogP contribution in [-0.2, 0) is 4.74 Å². The predicted octanol–water partition coefficient (Wildman–Crippen LogP) is 3.28. The van der Waals surface area contributed by atoms with Crippen molar-refractivity contribution in [3.63, 3.8) is 0 Å². The maximum atomic E-state index is 11.1. The first kappa shape index (κ1) is 15.5. The Morgan fingerprint density at radius 3 is 2.71 bits per heavy atom. The van der Waals surface area contributed by atoms with Gasteiger partial charge in [-0.25, -0.2) is 9.78 Å². The largest absolute Gasteiger partial charge is 0.478 e. The van der Waals surface area contributed by atoms with Gasteiger partial charge in [-0.15, -0.1) is 0 Å². The number of ether oxygens (including phenoxy) is 1. The molecule has 5 heteroatoms. The van der Waals surface area contributed by atoms with Crippen LogP contribution in [0.4, 0.5) is 0 Å². The second kappa shape index (κ2) is 6.26. The van der Waals surface area contributed by atoms with Crippen LogP contribution in [-0.4, -0.2) is 33.8 Å². The van der Waals surface area contributed by atoms with Crippen LogP contribution in [0.1, 0.15) is 43.0 Å². The Kier molecular flexibility index (Phi) is 4.63. The van der Waals surface area contributed by atoms with Gasteiger partial charge < -0.3 is 14.4 Å². The van der Waals surface area contributed by atoms with Gasteiger partial charge in [-0.05, 0) is 38.0 Å². The van der Waals surface area contributed by atoms with Crippen LogP contribution >= 0.6 is 0 Å². The van der Waals surface area contributed by atoms with Crippen molar-refractivity contribution in [2.24, 2.45) is 5.92 Å². The summed E-state index contributed by atoms with van der Waals surface area (Å²) in [6.07, 6.45) is 0. The van der Waals surface area contributed by atoms with Gasteiger partial charge in [-0.3, -0.25) is 0 Å². The van der Waals surface area contributed by atoms with E-state index in [1.54, 1.807) is 12.1 Å². The Bertz CT molecular complexity index is 646. The SMILES string of the molecule is CCOCC(C(C)C)n1c(C)nc2cc(C(=O)O)ccc21. The molecule has 1 unspecified atom stereocenters. The molecule has 0 saturated carbocycles. The highest BCUT2D eigenvalue weighted by atomic mass is 16.5. The van der Waals surface area contributed by atoms with E-state index in [-0.39, 0.29) is 11.6 Å². The molecule has 0 amide bonds. The zero-order chi connectivity index (χ0) is 15.6. The number of fused-ring (bicyclic) bond motifs is 1. The zero-order valence-electron chi connectivity index (χ0n) is 13.0. The van der Waals surface area contributed by atoms with E-state index >= 15 is 0 Å². The number of carbonyl (C=O) groups is 1. The number of hydrogen-bond donors (Lipinski definition) is 1. The smallest absolute Gasteiger partial charge is 0.335 e. The molecule has 0 aliphatic heterocycles. The van der Waals surface area contributed by atoms with Gasteiger partial charge in [0, 0.05) is 6.61 Å². The number of carboxylic acid groups (broad SMARTS) is 1. The number of aryl methyl sites for hydroxylation is 1. The van der Waals surface area contributed by atoms with Gasteiger partial charge in [0.05, 0.1) is 29.2 Å². The zero-order valence-corrected chi connectivity index (χ0v) is 13.0. The summed E-state index contributed by atoms with van der Waals surface area (Å²) >= 11 is 0. The van der Waals surface area contributed by atoms with Gasteiger partial charge in [0.1, 0.15) is 5.82 Å². The van der Waals surface area contributed by atoms with Crippen molar-refractivity contribution in [3.8, 4) is 0 Å². The third-order valence-electron chi connectivity index (χ3n) is 3.71. The maximum Gasteiger partial charge on any atom is 0.335 e. The van der Waals surface area contributed by atoms with Crippen molar-refractivity contribution in [1.82, 2.24) is 9.55 Å². The first-order chi connectivity index (χ1) is 9.95. The molecule has 0 spiro atoms. The molecular formula is C16H22N2O3. The van der Waals surface area contributed by atoms with Crippen molar-refractivity contribution < 1.29 is 14.6 Å². The summed E-state index contributed by atoms with van der Waals surface area (Å²) in [6, 6.07) is 5.27. The quantitative estimate of drug-likeness (QED) is 0.886. The molecule has 21 heavy (non-hydrogen) atoms. The molecule has 0 radical (unpaired) electrons. The monoisotopic (exact) mass is 290 g/mol. The highest BCUT2D eigenvalue weighted by Crippen LogP contribution is 2.27. The lowest BCUT2D eigenvalue weighted by Gasteiger charge is -2.24. The van der Waals surface area contributed by atoms with Gasteiger partial charge in [0.2, 0.25) is 0 Å². The molecule has 1 aromatic heterocycles. The highest BCUT2D eigenvalue weighted by Gasteiger charge is 2.21. The number of aromatic carboxylic acids is 1. The topological polar surface area (TPSA) is 64.4 Å². The molecule has 0 fully saturated rings. The molecule has 1 atom stereocenters. The van der Waals surface area contributed by atoms with Crippen molar-refractivity contribution in [3.05, 3.63) is 29.6 Å². The van der Waals surface area contributed by atoms with Crippen molar-refractivity contribution in [2.45, 2.75) is 33.7 Å². The third kappa shape index (κ3) is 3.08. The predicted molar refractivity (Wildman–Crippen MR) is 81.8 cm³/mol. The lowest BCUT2D eigenvalue weighted by Crippen LogP contribution is -2.22. The average Bonchev–Trinajstić information content (AvgIpc) is 2.74. The first-order valence-corrected chi connectivity index (χ1v) is 7.25. The van der Waals surface area contributed by atoms with E-state index in [1.807, 2.05) is 19.9 Å². The van der Waals surface area contributed by atoms with Crippen molar-refractivity contribution >= 4 is 17.0 Å². The van der Waals surface area contributed by atoms with Gasteiger partial charge in [0.15, 0.2) is 0 Å². The van der Waals surface area contributed by atoms with Gasteiger partial charge in [-0.1, -0.05) is 13.8 Å². The van der Waals surface area contributed by atoms with Crippen LogP contribution < -0.4 is 0 Å². The molecule has 2 aromatic rings. The number of imidazole rings is 1. The highest BCUT2D eigenvalue weighted by molar-refractivity contribution is 5.92. The lowest BCUT2D eigenvalue weighted by atomic mass is 10.0. The fourth-order valence-corrected chi connectivity index (χ4v) is 2.57. The number of aromatic nitrogens is 2. The Morgan fingerprint density at radius 1 is 1.43 bits per heavy atom. The summed E-state index contributed by atoms with van der Waals surface area (Å²) in [5.74, 6) is 0.344. The molecule has 1 heterocycles. The molecule has 114 valence electrons. The molecule has 5 nitrogen and oxygen atoms in total. The minimum atomic E-state index is -0.932. The summed E-state index contributed by atoms with van der Waals surface area (Å²) in [5.41, 5.74) is 1.93. The summed E-state index contributed by atoms with van der Waals surface area (Å²) in [7, 11) is 0. The van der Waals surface area contributed by atoms with Crippen LogP contribution in [0, 0.1) is 12.8 Å². The lowest BCUT2D eigenvalue weighted by molar-refractivity contribution is 0.0697. The second-order valence-corrected chi connectivity index (χ2v) is 5.51. The van der Waals surface area contributed by atoms with E-state index < -0.39 is 5.97 Å². The van der Waals surface area contributed by atoms with E-state index in [0.29, 0.717) is 19.1 Å². The Balaban J connectivity index is 2.51. The van der Waals surface area contributed by atoms with Crippen molar-refractivity contribution in [2.75, 3.05) is 13.2 Å². The molecule has 1 N–H and O–H groups in total. The molecule has 0 bridgehead atoms. The second-order valence-electron chi connectivity index (χ2n) is 5.51. The molecule has 1 aromatic carbocycles. The molecule has 0 saturated heterocycles. The van der Waals surface area contributed by atoms with Gasteiger partial charge >= 0.3 is 5.97 Å². The Labute approximate surface area is 124 Å². The summed E-state index contributed by atoms with van der Waals surface area (Å²) in [6.45, 7) is 9.54. The van der Waals surface area contributed by atoms with Gasteiger partial charge in [-0.2, -0.15) is 0 Å². The minimum Gasteiger partial charge on any atom is -0.478 e. The first-order valence-electron chi connectivity index (χ1n) is 7.25. The number of rotatable bonds is 6. The maximum absolute atomic E-state index is 11.1. The minimum absolute atomic E-state index is 0.186. The van der Waals surface area contributed by atoms with Crippen LogP contribution in [0.2, 0.25) is 0 Å². The number of nitrogens with zero attached hydrogens (tertiary/aromatic N) is 2. The molecule has 0 aliphatic rings. The Hall–Kier alpha value is -1.88. The van der Waals surface area contributed by atoms with E-state index in [9.17, 15) is 4.79 Å². The fraction of sp³-hybridized carbons (Fsp3) is 0.500. The molecular weight excluding hydrogens is 268 g/mol. The van der Waals surface area contributed by atoms with E-state index in [1.165, 1.54) is 0 Å². The van der Waals surface area contributed by atoms with E-state index in [2.05, 4.69) is 23.4 Å². The standard InChI is InChI=1S/C16H22N2O3/c1-5-21-9-15(10(2)3)18-11(4)17-13-8-12(16(19)20)6-7-14(13)18/h6-8,10,15H,5,9H2,1-4H3,(H,19,20). The van der Waals surface area contributed by atoms with Crippen LogP contribution in [0.3, 0.4) is 0 Å². The van der Waals surface area contributed by atoms with Crippen LogP contribution in [0.5, 0.6) is 0 Å². The number of benzene rings is 1. The summed E-state index contributed by atoms with van der Waals surface area (Å²) in [4.78, 5) is 15.6. The molecule has 0 aliphatic carbocycles. The van der Waals surface area contributed by atoms with Crippen molar-refractivity contribution in [1.29, 1.82) is 0 Å². The van der Waals surface area contributed by atoms with Crippen LogP contribution in [0.25, 0.3) is 11.0 Å². The normalized spacial score (nSPS) is 13.0. The van der Waals surface area contributed by atoms with Gasteiger partial charge in [0.25, 0.3) is 0 Å². The number of hydrogen-bond acceptors (Lipinski definition) is 3. The third-order valence-corrected chi connectivity index (χ3v) is 3.71. The van der Waals surface area contributed by atoms with E-state index in [4.69, 9.17) is 9.84 Å². The molecule has 2 rings (SSSR count). The van der Waals surface area contributed by atoms with E-state index in [0.717, 1.165) is 16.9 Å². The average molecular weight is 290 g/mol. The fourth-order valence-electron chi connectivity index (χ4n) is 2.57. The number of carboxylic acids is 1. The summed E-state index contributed by atoms with van der Waals surface area (Å²) < 4.78 is 7.76. The Morgan fingerprint density at radius 2 is 2.14 bits per heavy atom.